The normalized spacial score (nSPS) is 35.1. The smallest absolute Gasteiger partial charge is 0.303 e. The van der Waals surface area contributed by atoms with Crippen LogP contribution in [0, 0.1) is 0 Å². The molecule has 1 aliphatic heterocycles. The first kappa shape index (κ1) is 9.44. The second-order valence-corrected chi connectivity index (χ2v) is 2.69. The van der Waals surface area contributed by atoms with E-state index in [2.05, 4.69) is 0 Å². The lowest BCUT2D eigenvalue weighted by Crippen LogP contribution is -2.34. The van der Waals surface area contributed by atoms with Crippen LogP contribution in [-0.2, 0) is 14.3 Å². The number of aliphatic hydroxyl groups is 2. The molecule has 1 heterocycles. The average molecular weight is 176 g/mol. The average Bonchev–Trinajstić information content (AvgIpc) is 2.32. The van der Waals surface area contributed by atoms with Gasteiger partial charge in [0.2, 0.25) is 0 Å². The summed E-state index contributed by atoms with van der Waals surface area (Å²) in [6.07, 6.45) is -2.19. The van der Waals surface area contributed by atoms with Gasteiger partial charge in [0.05, 0.1) is 13.2 Å². The number of aliphatic hydroxyl groups excluding tert-OH is 2. The molecule has 0 aromatic carbocycles. The zero-order valence-electron chi connectivity index (χ0n) is 6.77. The molecule has 1 fully saturated rings. The molecule has 0 saturated carbocycles. The molecule has 5 heteroatoms. The van der Waals surface area contributed by atoms with Gasteiger partial charge in [0, 0.05) is 6.92 Å². The largest absolute Gasteiger partial charge is 0.457 e. The van der Waals surface area contributed by atoms with Gasteiger partial charge in [0.15, 0.2) is 6.10 Å². The van der Waals surface area contributed by atoms with Gasteiger partial charge in [-0.1, -0.05) is 0 Å². The standard InChI is InChI=1S/C7H12O5/c1-4(9)12-6-3-11-5(2-8)7(6)10/h5-8,10H,2-3H2,1H3. The molecule has 0 spiro atoms. The van der Waals surface area contributed by atoms with Crippen molar-refractivity contribution in [1.29, 1.82) is 0 Å². The molecule has 3 unspecified atom stereocenters. The van der Waals surface area contributed by atoms with E-state index in [1.807, 2.05) is 0 Å². The Morgan fingerprint density at radius 1 is 1.75 bits per heavy atom. The van der Waals surface area contributed by atoms with Crippen molar-refractivity contribution in [3.05, 3.63) is 0 Å². The van der Waals surface area contributed by atoms with Crippen molar-refractivity contribution in [3.63, 3.8) is 0 Å². The number of hydrogen-bond acceptors (Lipinski definition) is 5. The minimum Gasteiger partial charge on any atom is -0.457 e. The Hall–Kier alpha value is -0.650. The van der Waals surface area contributed by atoms with E-state index in [0.717, 1.165) is 0 Å². The fourth-order valence-electron chi connectivity index (χ4n) is 1.13. The maximum atomic E-state index is 10.5. The Kier molecular flexibility index (Phi) is 3.02. The Balaban J connectivity index is 2.43. The highest BCUT2D eigenvalue weighted by Crippen LogP contribution is 2.16. The molecule has 0 aromatic heterocycles. The van der Waals surface area contributed by atoms with Crippen molar-refractivity contribution in [2.24, 2.45) is 0 Å². The van der Waals surface area contributed by atoms with Crippen LogP contribution in [0.4, 0.5) is 0 Å². The fourth-order valence-corrected chi connectivity index (χ4v) is 1.13. The van der Waals surface area contributed by atoms with Crippen molar-refractivity contribution >= 4 is 5.97 Å². The summed E-state index contributed by atoms with van der Waals surface area (Å²) in [6, 6.07) is 0. The molecular weight excluding hydrogens is 164 g/mol. The third-order valence-electron chi connectivity index (χ3n) is 1.73. The van der Waals surface area contributed by atoms with Crippen LogP contribution in [-0.4, -0.2) is 47.7 Å². The van der Waals surface area contributed by atoms with Gasteiger partial charge < -0.3 is 19.7 Å². The van der Waals surface area contributed by atoms with Crippen LogP contribution in [0.3, 0.4) is 0 Å². The topological polar surface area (TPSA) is 76.0 Å². The zero-order valence-corrected chi connectivity index (χ0v) is 6.77. The second-order valence-electron chi connectivity index (χ2n) is 2.69. The molecule has 0 aromatic rings. The van der Waals surface area contributed by atoms with Crippen molar-refractivity contribution in [2.45, 2.75) is 25.2 Å². The van der Waals surface area contributed by atoms with Crippen molar-refractivity contribution in [1.82, 2.24) is 0 Å². The van der Waals surface area contributed by atoms with Crippen LogP contribution in [0.1, 0.15) is 6.92 Å². The number of hydrogen-bond donors (Lipinski definition) is 2. The van der Waals surface area contributed by atoms with E-state index in [-0.39, 0.29) is 13.2 Å². The minimum atomic E-state index is -0.918. The highest BCUT2D eigenvalue weighted by atomic mass is 16.6. The Morgan fingerprint density at radius 3 is 2.83 bits per heavy atom. The quantitative estimate of drug-likeness (QED) is 0.510. The van der Waals surface area contributed by atoms with Crippen LogP contribution in [0.15, 0.2) is 0 Å². The van der Waals surface area contributed by atoms with Crippen LogP contribution in [0.5, 0.6) is 0 Å². The molecular formula is C7H12O5. The van der Waals surface area contributed by atoms with E-state index in [1.54, 1.807) is 0 Å². The number of ether oxygens (including phenoxy) is 2. The first-order valence-electron chi connectivity index (χ1n) is 3.73. The van der Waals surface area contributed by atoms with Crippen LogP contribution >= 0.6 is 0 Å². The first-order valence-corrected chi connectivity index (χ1v) is 3.73. The maximum absolute atomic E-state index is 10.5. The molecule has 2 N–H and O–H groups in total. The second kappa shape index (κ2) is 3.84. The third-order valence-corrected chi connectivity index (χ3v) is 1.73. The molecule has 12 heavy (non-hydrogen) atoms. The van der Waals surface area contributed by atoms with E-state index in [9.17, 15) is 9.90 Å². The molecule has 5 nitrogen and oxygen atoms in total. The molecule has 1 rings (SSSR count). The highest BCUT2D eigenvalue weighted by molar-refractivity contribution is 5.66. The van der Waals surface area contributed by atoms with Crippen LogP contribution < -0.4 is 0 Å². The number of rotatable bonds is 2. The van der Waals surface area contributed by atoms with E-state index in [0.29, 0.717) is 0 Å². The minimum absolute atomic E-state index is 0.145. The van der Waals surface area contributed by atoms with Gasteiger partial charge in [0.1, 0.15) is 12.2 Å². The summed E-state index contributed by atoms with van der Waals surface area (Å²) in [5.74, 6) is -0.457. The monoisotopic (exact) mass is 176 g/mol. The molecule has 0 amide bonds. The Bertz CT molecular complexity index is 169. The van der Waals surface area contributed by atoms with Gasteiger partial charge in [0.25, 0.3) is 0 Å². The molecule has 3 atom stereocenters. The van der Waals surface area contributed by atoms with Gasteiger partial charge in [-0.15, -0.1) is 0 Å². The summed E-state index contributed by atoms with van der Waals surface area (Å²) < 4.78 is 9.68. The van der Waals surface area contributed by atoms with E-state index in [1.165, 1.54) is 6.92 Å². The lowest BCUT2D eigenvalue weighted by atomic mass is 10.1. The van der Waals surface area contributed by atoms with Crippen molar-refractivity contribution in [3.8, 4) is 0 Å². The van der Waals surface area contributed by atoms with E-state index >= 15 is 0 Å². The Labute approximate surface area is 69.9 Å². The van der Waals surface area contributed by atoms with Crippen molar-refractivity contribution < 1.29 is 24.5 Å². The summed E-state index contributed by atoms with van der Waals surface area (Å²) in [6.45, 7) is 1.14. The number of carbonyl (C=O) groups is 1. The summed E-state index contributed by atoms with van der Waals surface area (Å²) in [7, 11) is 0. The lowest BCUT2D eigenvalue weighted by Gasteiger charge is -2.14. The van der Waals surface area contributed by atoms with Crippen molar-refractivity contribution in [2.75, 3.05) is 13.2 Å². The number of esters is 1. The van der Waals surface area contributed by atoms with Gasteiger partial charge in [-0.2, -0.15) is 0 Å². The third kappa shape index (κ3) is 1.94. The molecule has 0 radical (unpaired) electrons. The summed E-state index contributed by atoms with van der Waals surface area (Å²) in [4.78, 5) is 10.5. The van der Waals surface area contributed by atoms with Gasteiger partial charge in [-0.25, -0.2) is 0 Å². The summed E-state index contributed by atoms with van der Waals surface area (Å²) >= 11 is 0. The maximum Gasteiger partial charge on any atom is 0.303 e. The molecule has 70 valence electrons. The highest BCUT2D eigenvalue weighted by Gasteiger charge is 2.37. The van der Waals surface area contributed by atoms with Gasteiger partial charge >= 0.3 is 5.97 Å². The molecule has 0 bridgehead atoms. The predicted octanol–water partition coefficient (Wildman–Crippen LogP) is -1.33. The SMILES string of the molecule is CC(=O)OC1COC(CO)C1O. The summed E-state index contributed by atoms with van der Waals surface area (Å²) in [5, 5.41) is 18.0. The van der Waals surface area contributed by atoms with Crippen LogP contribution in [0.2, 0.25) is 0 Å². The molecule has 0 aliphatic carbocycles. The zero-order chi connectivity index (χ0) is 9.14. The molecule has 1 aliphatic rings. The first-order chi connectivity index (χ1) is 5.65. The van der Waals surface area contributed by atoms with Gasteiger partial charge in [-0.3, -0.25) is 4.79 Å². The van der Waals surface area contributed by atoms with E-state index in [4.69, 9.17) is 14.6 Å². The summed E-state index contributed by atoms with van der Waals surface area (Å²) in [5.41, 5.74) is 0. The Morgan fingerprint density at radius 2 is 2.42 bits per heavy atom. The predicted molar refractivity (Wildman–Crippen MR) is 38.4 cm³/mol. The van der Waals surface area contributed by atoms with Crippen LogP contribution in [0.25, 0.3) is 0 Å². The molecule has 1 saturated heterocycles. The lowest BCUT2D eigenvalue weighted by molar-refractivity contribution is -0.150. The number of carbonyl (C=O) groups excluding carboxylic acids is 1. The van der Waals surface area contributed by atoms with E-state index < -0.39 is 24.3 Å². The fraction of sp³-hybridized carbons (Fsp3) is 0.857. The van der Waals surface area contributed by atoms with Gasteiger partial charge in [-0.05, 0) is 0 Å².